The predicted molar refractivity (Wildman–Crippen MR) is 170 cm³/mol. The minimum atomic E-state index is -0.747. The van der Waals surface area contributed by atoms with E-state index in [0.29, 0.717) is 36.3 Å². The highest BCUT2D eigenvalue weighted by Gasteiger charge is 2.46. The first kappa shape index (κ1) is 29.0. The van der Waals surface area contributed by atoms with E-state index >= 15 is 4.39 Å². The zero-order chi connectivity index (χ0) is 30.6. The van der Waals surface area contributed by atoms with Crippen LogP contribution < -0.4 is 15.4 Å². The van der Waals surface area contributed by atoms with Crippen LogP contribution in [0.3, 0.4) is 0 Å². The molecule has 1 unspecified atom stereocenters. The van der Waals surface area contributed by atoms with Crippen LogP contribution in [0.15, 0.2) is 30.5 Å². The molecule has 3 aliphatic heterocycles. The lowest BCUT2D eigenvalue weighted by atomic mass is 9.74. The van der Waals surface area contributed by atoms with Crippen LogP contribution in [0, 0.1) is 29.4 Å². The van der Waals surface area contributed by atoms with Crippen molar-refractivity contribution in [2.75, 3.05) is 37.7 Å². The summed E-state index contributed by atoms with van der Waals surface area (Å²) in [7, 11) is 0. The standard InChI is InChI=1S/C33H34F2N6O2S/c1-2-22-25(34)8-7-19-14-21(42)15-23(26(19)22)28-27(35)29-24(16-37-28)30(41-11-3-6-20(36)17-41)39-32(38-29)43-18-33-9-4-12-40(31(33)44)13-5-10-33/h1,7-8,14-16,20,31,42,44H,3-6,9-13,17-18,36H2/t20-,31?/m1/s1. The van der Waals surface area contributed by atoms with Crippen molar-refractivity contribution in [2.45, 2.75) is 49.9 Å². The smallest absolute Gasteiger partial charge is 0.319 e. The molecular weight excluding hydrogens is 582 g/mol. The molecule has 0 saturated carbocycles. The number of halogens is 2. The molecule has 3 aliphatic rings. The number of aromatic nitrogens is 3. The van der Waals surface area contributed by atoms with Crippen LogP contribution in [0.2, 0.25) is 0 Å². The fraction of sp³-hybridized carbons (Fsp3) is 0.424. The Hall–Kier alpha value is -3.72. The molecule has 44 heavy (non-hydrogen) atoms. The van der Waals surface area contributed by atoms with Gasteiger partial charge in [0.15, 0.2) is 5.82 Å². The minimum absolute atomic E-state index is 0.0122. The average molecular weight is 617 g/mol. The zero-order valence-corrected chi connectivity index (χ0v) is 25.2. The van der Waals surface area contributed by atoms with Gasteiger partial charge < -0.3 is 20.5 Å². The number of nitrogens with zero attached hydrogens (tertiary/aromatic N) is 5. The van der Waals surface area contributed by atoms with Gasteiger partial charge in [0.2, 0.25) is 0 Å². The molecule has 2 aromatic carbocycles. The fourth-order valence-electron chi connectivity index (χ4n) is 7.29. The monoisotopic (exact) mass is 616 g/mol. The Labute approximate surface area is 260 Å². The van der Waals surface area contributed by atoms with Crippen LogP contribution in [0.5, 0.6) is 11.8 Å². The average Bonchev–Trinajstić information content (AvgIpc) is 3.00. The molecule has 5 heterocycles. The van der Waals surface area contributed by atoms with Crippen LogP contribution in [-0.4, -0.2) is 69.2 Å². The Morgan fingerprint density at radius 1 is 1.14 bits per heavy atom. The largest absolute Gasteiger partial charge is 0.508 e. The van der Waals surface area contributed by atoms with Crippen LogP contribution in [0.25, 0.3) is 32.9 Å². The number of aromatic hydroxyl groups is 1. The number of benzene rings is 2. The van der Waals surface area contributed by atoms with Crippen molar-refractivity contribution in [3.05, 3.63) is 47.7 Å². The summed E-state index contributed by atoms with van der Waals surface area (Å²) in [4.78, 5) is 18.3. The Morgan fingerprint density at radius 2 is 1.93 bits per heavy atom. The van der Waals surface area contributed by atoms with Crippen LogP contribution in [-0.2, 0) is 0 Å². The van der Waals surface area contributed by atoms with Gasteiger partial charge in [0.1, 0.15) is 28.6 Å². The van der Waals surface area contributed by atoms with Crippen molar-refractivity contribution in [3.8, 4) is 35.4 Å². The molecule has 2 aromatic heterocycles. The normalized spacial score (nSPS) is 25.2. The summed E-state index contributed by atoms with van der Waals surface area (Å²) in [6.45, 7) is 3.66. The predicted octanol–water partition coefficient (Wildman–Crippen LogP) is 5.25. The lowest BCUT2D eigenvalue weighted by Crippen LogP contribution is -2.55. The highest BCUT2D eigenvalue weighted by Crippen LogP contribution is 2.46. The molecule has 3 N–H and O–H groups in total. The maximum absolute atomic E-state index is 16.7. The first-order valence-corrected chi connectivity index (χ1v) is 15.6. The second-order valence-corrected chi connectivity index (χ2v) is 12.8. The van der Waals surface area contributed by atoms with E-state index in [2.05, 4.69) is 20.8 Å². The van der Waals surface area contributed by atoms with Gasteiger partial charge >= 0.3 is 6.01 Å². The Kier molecular flexibility index (Phi) is 7.47. The van der Waals surface area contributed by atoms with Gasteiger partial charge in [-0.2, -0.15) is 22.6 Å². The van der Waals surface area contributed by atoms with E-state index < -0.39 is 11.6 Å². The number of nitrogens with two attached hydrogens (primary N) is 1. The van der Waals surface area contributed by atoms with Crippen molar-refractivity contribution in [2.24, 2.45) is 11.1 Å². The Bertz CT molecular complexity index is 1800. The number of piperidine rings is 3. The third kappa shape index (κ3) is 4.89. The lowest BCUT2D eigenvalue weighted by Gasteiger charge is -2.51. The summed E-state index contributed by atoms with van der Waals surface area (Å²) in [5.74, 6) is 1.38. The SMILES string of the molecule is C#Cc1c(F)ccc2cc(O)cc(-c3ncc4c(N5CCC[C@@H](N)C5)nc(OCC56CCCN(CCC5)C6S)nc4c3F)c12. The number of ether oxygens (including phenoxy) is 1. The topological polar surface area (TPSA) is 101 Å². The molecule has 0 amide bonds. The van der Waals surface area contributed by atoms with Crippen molar-refractivity contribution < 1.29 is 18.6 Å². The Morgan fingerprint density at radius 3 is 2.68 bits per heavy atom. The highest BCUT2D eigenvalue weighted by molar-refractivity contribution is 7.80. The van der Waals surface area contributed by atoms with Crippen LogP contribution in [0.1, 0.15) is 44.1 Å². The van der Waals surface area contributed by atoms with Gasteiger partial charge in [0, 0.05) is 41.7 Å². The third-order valence-corrected chi connectivity index (χ3v) is 10.3. The molecular formula is C33H34F2N6O2S. The molecule has 0 spiro atoms. The Balaban J connectivity index is 1.37. The highest BCUT2D eigenvalue weighted by atomic mass is 32.1. The van der Waals surface area contributed by atoms with Crippen molar-refractivity contribution in [3.63, 3.8) is 0 Å². The van der Waals surface area contributed by atoms with Gasteiger partial charge in [-0.25, -0.2) is 8.78 Å². The van der Waals surface area contributed by atoms with E-state index in [1.807, 2.05) is 4.90 Å². The van der Waals surface area contributed by atoms with E-state index in [9.17, 15) is 9.50 Å². The first-order chi connectivity index (χ1) is 21.3. The fourth-order valence-corrected chi connectivity index (χ4v) is 7.86. The number of fused-ring (bicyclic) bond motifs is 4. The van der Waals surface area contributed by atoms with E-state index in [1.54, 1.807) is 0 Å². The molecule has 3 fully saturated rings. The maximum Gasteiger partial charge on any atom is 0.319 e. The number of phenolic OH excluding ortho intramolecular Hbond substituents is 1. The molecule has 3 saturated heterocycles. The molecule has 2 atom stereocenters. The number of anilines is 1. The summed E-state index contributed by atoms with van der Waals surface area (Å²) < 4.78 is 37.8. The second-order valence-electron chi connectivity index (χ2n) is 12.3. The lowest BCUT2D eigenvalue weighted by molar-refractivity contribution is -0.0166. The van der Waals surface area contributed by atoms with Crippen LogP contribution in [0.4, 0.5) is 14.6 Å². The molecule has 0 aliphatic carbocycles. The molecule has 2 bridgehead atoms. The molecule has 7 rings (SSSR count). The molecule has 0 radical (unpaired) electrons. The first-order valence-electron chi connectivity index (χ1n) is 15.1. The summed E-state index contributed by atoms with van der Waals surface area (Å²) >= 11 is 4.97. The number of thiol groups is 1. The van der Waals surface area contributed by atoms with Gasteiger partial charge in [0.25, 0.3) is 0 Å². The third-order valence-electron chi connectivity index (χ3n) is 9.47. The van der Waals surface area contributed by atoms with Gasteiger partial charge in [-0.3, -0.25) is 9.88 Å². The quantitative estimate of drug-likeness (QED) is 0.207. The molecule has 4 aromatic rings. The number of phenols is 1. The minimum Gasteiger partial charge on any atom is -0.508 e. The van der Waals surface area contributed by atoms with E-state index in [1.165, 1.54) is 30.5 Å². The van der Waals surface area contributed by atoms with Crippen molar-refractivity contribution in [1.82, 2.24) is 19.9 Å². The maximum atomic E-state index is 16.7. The van der Waals surface area contributed by atoms with Crippen LogP contribution >= 0.6 is 12.6 Å². The number of hydrogen-bond donors (Lipinski definition) is 3. The molecule has 11 heteroatoms. The number of hydrogen-bond acceptors (Lipinski definition) is 9. The number of pyridine rings is 1. The molecule has 8 nitrogen and oxygen atoms in total. The molecule has 228 valence electrons. The summed E-state index contributed by atoms with van der Waals surface area (Å²) in [6.07, 6.45) is 13.1. The summed E-state index contributed by atoms with van der Waals surface area (Å²) in [5, 5.41) is 11.7. The summed E-state index contributed by atoms with van der Waals surface area (Å²) in [5.41, 5.74) is 6.19. The second kappa shape index (κ2) is 11.3. The van der Waals surface area contributed by atoms with Crippen molar-refractivity contribution in [1.29, 1.82) is 0 Å². The summed E-state index contributed by atoms with van der Waals surface area (Å²) in [6, 6.07) is 5.53. The zero-order valence-electron chi connectivity index (χ0n) is 24.3. The van der Waals surface area contributed by atoms with E-state index in [4.69, 9.17) is 34.5 Å². The van der Waals surface area contributed by atoms with E-state index in [-0.39, 0.29) is 56.3 Å². The van der Waals surface area contributed by atoms with Gasteiger partial charge in [0.05, 0.1) is 22.9 Å². The van der Waals surface area contributed by atoms with E-state index in [0.717, 1.165) is 51.6 Å². The van der Waals surface area contributed by atoms with Gasteiger partial charge in [-0.05, 0) is 75.2 Å². The number of rotatable bonds is 5. The van der Waals surface area contributed by atoms with Gasteiger partial charge in [-0.15, -0.1) is 6.42 Å². The van der Waals surface area contributed by atoms with Gasteiger partial charge in [-0.1, -0.05) is 12.0 Å². The number of terminal acetylenes is 1. The van der Waals surface area contributed by atoms with Crippen molar-refractivity contribution >= 4 is 40.1 Å².